The van der Waals surface area contributed by atoms with Crippen LogP contribution in [0.2, 0.25) is 0 Å². The molecule has 1 aliphatic carbocycles. The zero-order valence-electron chi connectivity index (χ0n) is 21.2. The summed E-state index contributed by atoms with van der Waals surface area (Å²) in [6.45, 7) is 5.50. The summed E-state index contributed by atoms with van der Waals surface area (Å²) in [5, 5.41) is 12.8. The molecule has 5 nitrogen and oxygen atoms in total. The highest BCUT2D eigenvalue weighted by Gasteiger charge is 2.32. The molecular formula is C31H36N2O3. The van der Waals surface area contributed by atoms with E-state index in [2.05, 4.69) is 31.3 Å². The Bertz CT molecular complexity index is 1160. The number of nitrogens with one attached hydrogen (secondary N) is 1. The van der Waals surface area contributed by atoms with Crippen molar-refractivity contribution in [2.24, 2.45) is 5.41 Å². The second kappa shape index (κ2) is 11.4. The Morgan fingerprint density at radius 3 is 2.25 bits per heavy atom. The van der Waals surface area contributed by atoms with E-state index in [1.165, 1.54) is 5.56 Å². The molecule has 5 heteroatoms. The predicted octanol–water partition coefficient (Wildman–Crippen LogP) is 6.77. The van der Waals surface area contributed by atoms with Gasteiger partial charge in [0, 0.05) is 24.7 Å². The first-order valence-corrected chi connectivity index (χ1v) is 12.8. The van der Waals surface area contributed by atoms with Gasteiger partial charge in [-0.1, -0.05) is 80.6 Å². The SMILES string of the molecule is CC1(C)CCC(N(Cc2ccc(-c3cccc(C(=O)NCCc4ccccc4)c3)cc2)C(=O)O)CC1. The summed E-state index contributed by atoms with van der Waals surface area (Å²) in [6.07, 6.45) is 3.87. The van der Waals surface area contributed by atoms with Crippen LogP contribution >= 0.6 is 0 Å². The molecule has 0 heterocycles. The highest BCUT2D eigenvalue weighted by molar-refractivity contribution is 5.95. The van der Waals surface area contributed by atoms with Crippen LogP contribution in [0.25, 0.3) is 11.1 Å². The predicted molar refractivity (Wildman–Crippen MR) is 144 cm³/mol. The molecular weight excluding hydrogens is 448 g/mol. The normalized spacial score (nSPS) is 15.3. The lowest BCUT2D eigenvalue weighted by atomic mass is 9.75. The van der Waals surface area contributed by atoms with Crippen molar-refractivity contribution in [2.45, 2.75) is 58.5 Å². The van der Waals surface area contributed by atoms with Crippen LogP contribution in [0.15, 0.2) is 78.9 Å². The number of hydrogen-bond donors (Lipinski definition) is 2. The van der Waals surface area contributed by atoms with Gasteiger partial charge in [-0.05, 0) is 71.9 Å². The maximum atomic E-state index is 12.7. The van der Waals surface area contributed by atoms with Crippen LogP contribution in [0.4, 0.5) is 4.79 Å². The first kappa shape index (κ1) is 25.5. The molecule has 1 saturated carbocycles. The van der Waals surface area contributed by atoms with E-state index >= 15 is 0 Å². The summed E-state index contributed by atoms with van der Waals surface area (Å²) in [6, 6.07) is 25.8. The van der Waals surface area contributed by atoms with Gasteiger partial charge in [-0.25, -0.2) is 4.79 Å². The lowest BCUT2D eigenvalue weighted by Gasteiger charge is -2.39. The fourth-order valence-corrected chi connectivity index (χ4v) is 4.96. The number of amides is 2. The van der Waals surface area contributed by atoms with Crippen LogP contribution in [0.1, 0.15) is 61.0 Å². The molecule has 0 unspecified atom stereocenters. The summed E-state index contributed by atoms with van der Waals surface area (Å²) in [7, 11) is 0. The number of rotatable bonds is 8. The van der Waals surface area contributed by atoms with Gasteiger partial charge in [0.1, 0.15) is 0 Å². The van der Waals surface area contributed by atoms with Crippen molar-refractivity contribution in [1.29, 1.82) is 0 Å². The van der Waals surface area contributed by atoms with Crippen LogP contribution < -0.4 is 5.32 Å². The van der Waals surface area contributed by atoms with Crippen LogP contribution in [-0.2, 0) is 13.0 Å². The Balaban J connectivity index is 1.37. The summed E-state index contributed by atoms with van der Waals surface area (Å²) in [5.74, 6) is -0.0860. The molecule has 0 spiro atoms. The first-order chi connectivity index (χ1) is 17.3. The fraction of sp³-hybridized carbons (Fsp3) is 0.355. The average molecular weight is 485 g/mol. The topological polar surface area (TPSA) is 69.6 Å². The average Bonchev–Trinajstić information content (AvgIpc) is 2.88. The van der Waals surface area contributed by atoms with E-state index in [0.717, 1.165) is 48.8 Å². The number of benzene rings is 3. The van der Waals surface area contributed by atoms with Gasteiger partial charge in [-0.3, -0.25) is 4.79 Å². The van der Waals surface area contributed by atoms with Crippen molar-refractivity contribution in [3.63, 3.8) is 0 Å². The van der Waals surface area contributed by atoms with Crippen molar-refractivity contribution >= 4 is 12.0 Å². The van der Waals surface area contributed by atoms with Crippen molar-refractivity contribution in [3.8, 4) is 11.1 Å². The molecule has 3 aromatic carbocycles. The van der Waals surface area contributed by atoms with E-state index < -0.39 is 6.09 Å². The van der Waals surface area contributed by atoms with Gasteiger partial charge < -0.3 is 15.3 Å². The molecule has 188 valence electrons. The van der Waals surface area contributed by atoms with Gasteiger partial charge >= 0.3 is 6.09 Å². The molecule has 0 aliphatic heterocycles. The molecule has 0 bridgehead atoms. The molecule has 0 atom stereocenters. The summed E-state index contributed by atoms with van der Waals surface area (Å²) < 4.78 is 0. The highest BCUT2D eigenvalue weighted by Crippen LogP contribution is 2.37. The zero-order chi connectivity index (χ0) is 25.5. The third-order valence-corrected chi connectivity index (χ3v) is 7.30. The fourth-order valence-electron chi connectivity index (χ4n) is 4.96. The van der Waals surface area contributed by atoms with Gasteiger partial charge in [0.2, 0.25) is 0 Å². The monoisotopic (exact) mass is 484 g/mol. The molecule has 1 aliphatic rings. The Labute approximate surface area is 214 Å². The molecule has 36 heavy (non-hydrogen) atoms. The van der Waals surface area contributed by atoms with Gasteiger partial charge in [0.25, 0.3) is 5.91 Å². The van der Waals surface area contributed by atoms with E-state index in [0.29, 0.717) is 24.1 Å². The Hall–Kier alpha value is -3.60. The van der Waals surface area contributed by atoms with E-state index in [-0.39, 0.29) is 11.9 Å². The third-order valence-electron chi connectivity index (χ3n) is 7.30. The van der Waals surface area contributed by atoms with Crippen LogP contribution in [-0.4, -0.2) is 34.6 Å². The maximum Gasteiger partial charge on any atom is 0.407 e. The second-order valence-electron chi connectivity index (χ2n) is 10.6. The van der Waals surface area contributed by atoms with Crippen LogP contribution in [0.3, 0.4) is 0 Å². The second-order valence-corrected chi connectivity index (χ2v) is 10.6. The van der Waals surface area contributed by atoms with Gasteiger partial charge in [0.15, 0.2) is 0 Å². The molecule has 2 amide bonds. The summed E-state index contributed by atoms with van der Waals surface area (Å²) >= 11 is 0. The lowest BCUT2D eigenvalue weighted by molar-refractivity contribution is 0.0851. The molecule has 2 N–H and O–H groups in total. The van der Waals surface area contributed by atoms with Gasteiger partial charge in [-0.2, -0.15) is 0 Å². The zero-order valence-corrected chi connectivity index (χ0v) is 21.2. The summed E-state index contributed by atoms with van der Waals surface area (Å²) in [5.41, 5.74) is 5.05. The largest absolute Gasteiger partial charge is 0.465 e. The lowest BCUT2D eigenvalue weighted by Crippen LogP contribution is -2.42. The molecule has 0 saturated heterocycles. The highest BCUT2D eigenvalue weighted by atomic mass is 16.4. The number of nitrogens with zero attached hydrogens (tertiary/aromatic N) is 1. The van der Waals surface area contributed by atoms with E-state index in [1.807, 2.05) is 66.7 Å². The minimum atomic E-state index is -0.852. The number of carboxylic acid groups (broad SMARTS) is 1. The van der Waals surface area contributed by atoms with Crippen molar-refractivity contribution in [2.75, 3.05) is 6.54 Å². The summed E-state index contributed by atoms with van der Waals surface area (Å²) in [4.78, 5) is 26.3. The minimum Gasteiger partial charge on any atom is -0.465 e. The Morgan fingerprint density at radius 2 is 1.58 bits per heavy atom. The van der Waals surface area contributed by atoms with Crippen LogP contribution in [0.5, 0.6) is 0 Å². The maximum absolute atomic E-state index is 12.7. The molecule has 0 aromatic heterocycles. The van der Waals surface area contributed by atoms with Gasteiger partial charge in [0.05, 0.1) is 0 Å². The number of carbonyl (C=O) groups is 2. The minimum absolute atomic E-state index is 0.0762. The van der Waals surface area contributed by atoms with Crippen molar-refractivity contribution in [1.82, 2.24) is 10.2 Å². The quantitative estimate of drug-likeness (QED) is 0.370. The number of hydrogen-bond acceptors (Lipinski definition) is 2. The van der Waals surface area contributed by atoms with E-state index in [9.17, 15) is 14.7 Å². The van der Waals surface area contributed by atoms with E-state index in [1.54, 1.807) is 4.90 Å². The Morgan fingerprint density at radius 1 is 0.889 bits per heavy atom. The van der Waals surface area contributed by atoms with Crippen LogP contribution in [0, 0.1) is 5.41 Å². The van der Waals surface area contributed by atoms with Gasteiger partial charge in [-0.15, -0.1) is 0 Å². The first-order valence-electron chi connectivity index (χ1n) is 12.8. The van der Waals surface area contributed by atoms with Crippen molar-refractivity contribution < 1.29 is 14.7 Å². The third kappa shape index (κ3) is 6.75. The van der Waals surface area contributed by atoms with E-state index in [4.69, 9.17) is 0 Å². The molecule has 3 aromatic rings. The molecule has 4 rings (SSSR count). The Kier molecular flexibility index (Phi) is 8.09. The smallest absolute Gasteiger partial charge is 0.407 e. The molecule has 0 radical (unpaired) electrons. The molecule has 1 fully saturated rings. The standard InChI is InChI=1S/C31H36N2O3/c1-31(2)18-15-28(16-19-31)33(30(35)36)22-24-11-13-25(14-12-24)26-9-6-10-27(21-26)29(34)32-20-17-23-7-4-3-5-8-23/h3-14,21,28H,15-20,22H2,1-2H3,(H,32,34)(H,35,36). The number of carbonyl (C=O) groups excluding carboxylic acids is 1. The van der Waals surface area contributed by atoms with Crippen molar-refractivity contribution in [3.05, 3.63) is 95.6 Å².